The van der Waals surface area contributed by atoms with Gasteiger partial charge in [-0.25, -0.2) is 0 Å². The van der Waals surface area contributed by atoms with Gasteiger partial charge in [0.05, 0.1) is 10.6 Å². The van der Waals surface area contributed by atoms with Crippen LogP contribution in [0.15, 0.2) is 24.3 Å². The summed E-state index contributed by atoms with van der Waals surface area (Å²) in [5.41, 5.74) is 1.38. The van der Waals surface area contributed by atoms with E-state index in [9.17, 15) is 9.59 Å². The van der Waals surface area contributed by atoms with Crippen molar-refractivity contribution in [1.29, 1.82) is 0 Å². The Morgan fingerprint density at radius 1 is 1.08 bits per heavy atom. The lowest BCUT2D eigenvalue weighted by Crippen LogP contribution is -2.21. The van der Waals surface area contributed by atoms with Crippen molar-refractivity contribution in [2.24, 2.45) is 0 Å². The number of amides is 2. The highest BCUT2D eigenvalue weighted by molar-refractivity contribution is 7.22. The summed E-state index contributed by atoms with van der Waals surface area (Å²) < 4.78 is 0.956. The zero-order valence-electron chi connectivity index (χ0n) is 13.3. The zero-order valence-corrected chi connectivity index (χ0v) is 15.7. The van der Waals surface area contributed by atoms with Gasteiger partial charge in [0, 0.05) is 22.0 Å². The first-order chi connectivity index (χ1) is 11.4. The Labute approximate surface area is 152 Å². The molecule has 0 saturated carbocycles. The second kappa shape index (κ2) is 6.55. The Bertz CT molecular complexity index is 959. The molecule has 1 aromatic carbocycles. The Morgan fingerprint density at radius 2 is 1.79 bits per heavy atom. The molecule has 0 aliphatic rings. The Morgan fingerprint density at radius 3 is 2.46 bits per heavy atom. The van der Waals surface area contributed by atoms with Crippen molar-refractivity contribution in [2.75, 3.05) is 12.4 Å². The van der Waals surface area contributed by atoms with Gasteiger partial charge < -0.3 is 10.6 Å². The minimum Gasteiger partial charge on any atom is -0.355 e. The topological polar surface area (TPSA) is 58.2 Å². The van der Waals surface area contributed by atoms with Gasteiger partial charge >= 0.3 is 0 Å². The number of hydrogen-bond donors (Lipinski definition) is 2. The van der Waals surface area contributed by atoms with Crippen LogP contribution in [-0.4, -0.2) is 18.9 Å². The van der Waals surface area contributed by atoms with Gasteiger partial charge in [0.2, 0.25) is 0 Å². The number of thiophene rings is 2. The average molecular weight is 379 g/mol. The Hall–Kier alpha value is -1.89. The molecule has 0 aliphatic carbocycles. The first-order valence-corrected chi connectivity index (χ1v) is 9.25. The van der Waals surface area contributed by atoms with Crippen molar-refractivity contribution in [2.45, 2.75) is 13.8 Å². The normalized spacial score (nSPS) is 10.8. The molecule has 24 heavy (non-hydrogen) atoms. The molecule has 0 saturated heterocycles. The molecular formula is C17H15ClN2O2S2. The highest BCUT2D eigenvalue weighted by atomic mass is 35.5. The number of rotatable bonds is 3. The van der Waals surface area contributed by atoms with Gasteiger partial charge in [-0.15, -0.1) is 22.7 Å². The van der Waals surface area contributed by atoms with E-state index in [4.69, 9.17) is 11.6 Å². The van der Waals surface area contributed by atoms with Crippen LogP contribution in [0.2, 0.25) is 5.02 Å². The fourth-order valence-corrected chi connectivity index (χ4v) is 4.90. The van der Waals surface area contributed by atoms with Crippen molar-refractivity contribution in [3.8, 4) is 0 Å². The lowest BCUT2D eigenvalue weighted by atomic mass is 10.1. The lowest BCUT2D eigenvalue weighted by molar-refractivity contribution is 0.0963. The third-order valence-electron chi connectivity index (χ3n) is 3.81. The van der Waals surface area contributed by atoms with Crippen LogP contribution in [0.3, 0.4) is 0 Å². The molecule has 3 aromatic rings. The molecule has 0 radical (unpaired) electrons. The van der Waals surface area contributed by atoms with Crippen LogP contribution in [0.1, 0.15) is 30.5 Å². The Kier molecular flexibility index (Phi) is 4.62. The minimum atomic E-state index is -0.299. The zero-order chi connectivity index (χ0) is 17.4. The molecule has 4 nitrogen and oxygen atoms in total. The summed E-state index contributed by atoms with van der Waals surface area (Å²) in [7, 11) is 1.57. The van der Waals surface area contributed by atoms with E-state index in [1.54, 1.807) is 7.05 Å². The third kappa shape index (κ3) is 2.81. The van der Waals surface area contributed by atoms with Crippen LogP contribution >= 0.6 is 34.3 Å². The molecule has 2 N–H and O–H groups in total. The second-order valence-corrected chi connectivity index (χ2v) is 7.92. The molecule has 0 spiro atoms. The second-order valence-electron chi connectivity index (χ2n) is 5.26. The van der Waals surface area contributed by atoms with Gasteiger partial charge in [-0.05, 0) is 25.5 Å². The molecule has 0 bridgehead atoms. The van der Waals surface area contributed by atoms with Crippen molar-refractivity contribution in [1.82, 2.24) is 5.32 Å². The fraction of sp³-hybridized carbons (Fsp3) is 0.176. The van der Waals surface area contributed by atoms with Crippen LogP contribution in [0.25, 0.3) is 10.1 Å². The summed E-state index contributed by atoms with van der Waals surface area (Å²) in [6.07, 6.45) is 0. The highest BCUT2D eigenvalue weighted by Gasteiger charge is 2.23. The number of aryl methyl sites for hydroxylation is 1. The quantitative estimate of drug-likeness (QED) is 0.684. The molecule has 0 atom stereocenters. The standard InChI is InChI=1S/C17H15ClN2O2S2/c1-8-9(2)23-17(12(8)15(21)19-3)20-16(22)14-13(18)10-6-4-5-7-11(10)24-14/h4-7H,1-3H3,(H,19,21)(H,20,22). The molecule has 2 amide bonds. The molecule has 2 heterocycles. The molecule has 0 fully saturated rings. The van der Waals surface area contributed by atoms with E-state index in [2.05, 4.69) is 10.6 Å². The summed E-state index contributed by atoms with van der Waals surface area (Å²) in [5.74, 6) is -0.512. The molecular weight excluding hydrogens is 364 g/mol. The van der Waals surface area contributed by atoms with Crippen LogP contribution in [-0.2, 0) is 0 Å². The number of hydrogen-bond acceptors (Lipinski definition) is 4. The number of carbonyl (C=O) groups excluding carboxylic acids is 2. The predicted octanol–water partition coefficient (Wildman–Crippen LogP) is 4.84. The average Bonchev–Trinajstić information content (AvgIpc) is 3.05. The van der Waals surface area contributed by atoms with E-state index >= 15 is 0 Å². The number of halogens is 1. The molecule has 7 heteroatoms. The SMILES string of the molecule is CNC(=O)c1c(NC(=O)c2sc3ccccc3c2Cl)sc(C)c1C. The molecule has 124 valence electrons. The predicted molar refractivity (Wildman–Crippen MR) is 102 cm³/mol. The fourth-order valence-electron chi connectivity index (χ4n) is 2.43. The lowest BCUT2D eigenvalue weighted by Gasteiger charge is -2.06. The van der Waals surface area contributed by atoms with E-state index in [0.29, 0.717) is 20.5 Å². The number of nitrogens with one attached hydrogen (secondary N) is 2. The maximum atomic E-state index is 12.7. The maximum absolute atomic E-state index is 12.7. The first kappa shape index (κ1) is 17.0. The van der Waals surface area contributed by atoms with Crippen LogP contribution in [0.4, 0.5) is 5.00 Å². The summed E-state index contributed by atoms with van der Waals surface area (Å²) in [6.45, 7) is 3.80. The summed E-state index contributed by atoms with van der Waals surface area (Å²) in [4.78, 5) is 26.2. The van der Waals surface area contributed by atoms with Gasteiger partial charge in [-0.1, -0.05) is 29.8 Å². The van der Waals surface area contributed by atoms with Crippen molar-refractivity contribution >= 4 is 61.2 Å². The molecule has 0 aliphatic heterocycles. The summed E-state index contributed by atoms with van der Waals surface area (Å²) in [5, 5.41) is 7.31. The Balaban J connectivity index is 1.99. The monoisotopic (exact) mass is 378 g/mol. The molecule has 0 unspecified atom stereocenters. The van der Waals surface area contributed by atoms with Crippen molar-refractivity contribution in [3.05, 3.63) is 50.2 Å². The van der Waals surface area contributed by atoms with Gasteiger partial charge in [-0.2, -0.15) is 0 Å². The van der Waals surface area contributed by atoms with Crippen molar-refractivity contribution in [3.63, 3.8) is 0 Å². The van der Waals surface area contributed by atoms with E-state index < -0.39 is 0 Å². The van der Waals surface area contributed by atoms with Gasteiger partial charge in [0.1, 0.15) is 9.88 Å². The number of carbonyl (C=O) groups is 2. The summed E-state index contributed by atoms with van der Waals surface area (Å²) >= 11 is 9.09. The highest BCUT2D eigenvalue weighted by Crippen LogP contribution is 2.37. The van der Waals surface area contributed by atoms with E-state index in [0.717, 1.165) is 20.5 Å². The van der Waals surface area contributed by atoms with E-state index in [-0.39, 0.29) is 11.8 Å². The molecule has 2 aromatic heterocycles. The number of anilines is 1. The van der Waals surface area contributed by atoms with E-state index in [1.807, 2.05) is 38.1 Å². The van der Waals surface area contributed by atoms with Crippen LogP contribution in [0.5, 0.6) is 0 Å². The smallest absolute Gasteiger partial charge is 0.267 e. The van der Waals surface area contributed by atoms with Gasteiger partial charge in [0.15, 0.2) is 0 Å². The number of fused-ring (bicyclic) bond motifs is 1. The van der Waals surface area contributed by atoms with E-state index in [1.165, 1.54) is 22.7 Å². The minimum absolute atomic E-state index is 0.213. The van der Waals surface area contributed by atoms with Gasteiger partial charge in [0.25, 0.3) is 11.8 Å². The van der Waals surface area contributed by atoms with Crippen molar-refractivity contribution < 1.29 is 9.59 Å². The van der Waals surface area contributed by atoms with Gasteiger partial charge in [-0.3, -0.25) is 9.59 Å². The maximum Gasteiger partial charge on any atom is 0.267 e. The third-order valence-corrected chi connectivity index (χ3v) is 6.60. The number of benzene rings is 1. The van der Waals surface area contributed by atoms with Crippen LogP contribution < -0.4 is 10.6 Å². The first-order valence-electron chi connectivity index (χ1n) is 7.24. The molecule has 3 rings (SSSR count). The van der Waals surface area contributed by atoms with Crippen LogP contribution in [0, 0.1) is 13.8 Å². The summed E-state index contributed by atoms with van der Waals surface area (Å²) in [6, 6.07) is 7.61. The largest absolute Gasteiger partial charge is 0.355 e.